The zero-order valence-electron chi connectivity index (χ0n) is 14.9. The SMILES string of the molecule is N#Cc1c(F)c(Cl)c(/C(=C2/NCCN2Cc2ccc(Cl)nc2)[N+](=O)[O-])c(C#N)c1F. The van der Waals surface area contributed by atoms with Gasteiger partial charge in [-0.1, -0.05) is 29.3 Å². The van der Waals surface area contributed by atoms with Crippen molar-refractivity contribution in [1.29, 1.82) is 10.5 Å². The molecule has 0 saturated carbocycles. The maximum absolute atomic E-state index is 14.5. The Morgan fingerprint density at radius 2 is 1.97 bits per heavy atom. The van der Waals surface area contributed by atoms with Crippen LogP contribution in [0, 0.1) is 44.4 Å². The Kier molecular flexibility index (Phi) is 6.01. The fourth-order valence-electron chi connectivity index (χ4n) is 3.03. The van der Waals surface area contributed by atoms with E-state index in [9.17, 15) is 24.2 Å². The molecule has 0 spiro atoms. The van der Waals surface area contributed by atoms with Crippen molar-refractivity contribution in [2.75, 3.05) is 13.1 Å². The normalized spacial score (nSPS) is 14.7. The number of nitrogens with zero attached hydrogens (tertiary/aromatic N) is 5. The summed E-state index contributed by atoms with van der Waals surface area (Å²) in [4.78, 5) is 16.5. The van der Waals surface area contributed by atoms with E-state index in [2.05, 4.69) is 10.3 Å². The summed E-state index contributed by atoms with van der Waals surface area (Å²) in [6.45, 7) is 0.801. The van der Waals surface area contributed by atoms with Gasteiger partial charge in [0.1, 0.15) is 28.4 Å². The van der Waals surface area contributed by atoms with Crippen LogP contribution in [0.2, 0.25) is 10.2 Å². The van der Waals surface area contributed by atoms with Gasteiger partial charge in [-0.15, -0.1) is 0 Å². The molecule has 0 atom stereocenters. The maximum atomic E-state index is 14.5. The standard InChI is InChI=1S/C18H10Cl2F2N6O2/c19-12-2-1-9(7-26-12)8-27-4-3-25-18(27)17(28(29)30)13-10(5-23)15(21)11(6-24)16(22)14(13)20/h1-2,7,25H,3-4,8H2/b18-17+. The van der Waals surface area contributed by atoms with Crippen molar-refractivity contribution in [3.63, 3.8) is 0 Å². The van der Waals surface area contributed by atoms with E-state index >= 15 is 0 Å². The van der Waals surface area contributed by atoms with Gasteiger partial charge in [-0.25, -0.2) is 13.8 Å². The van der Waals surface area contributed by atoms with Crippen LogP contribution < -0.4 is 5.32 Å². The van der Waals surface area contributed by atoms with Crippen LogP contribution in [0.1, 0.15) is 22.3 Å². The molecule has 1 N–H and O–H groups in total. The molecule has 1 aromatic carbocycles. The third kappa shape index (κ3) is 3.71. The van der Waals surface area contributed by atoms with Crippen LogP contribution in [0.4, 0.5) is 8.78 Å². The third-order valence-electron chi connectivity index (χ3n) is 4.34. The summed E-state index contributed by atoms with van der Waals surface area (Å²) in [5.41, 5.74) is -2.82. The number of nitro groups is 1. The first kappa shape index (κ1) is 21.2. The minimum Gasteiger partial charge on any atom is -0.364 e. The van der Waals surface area contributed by atoms with E-state index in [0.717, 1.165) is 0 Å². The number of pyridine rings is 1. The van der Waals surface area contributed by atoms with E-state index in [1.807, 2.05) is 0 Å². The van der Waals surface area contributed by atoms with Crippen molar-refractivity contribution in [3.8, 4) is 12.1 Å². The van der Waals surface area contributed by atoms with Crippen molar-refractivity contribution < 1.29 is 13.7 Å². The average molecular weight is 451 g/mol. The molecule has 1 fully saturated rings. The molecule has 12 heteroatoms. The summed E-state index contributed by atoms with van der Waals surface area (Å²) in [7, 11) is 0. The van der Waals surface area contributed by atoms with Crippen LogP contribution in [0.3, 0.4) is 0 Å². The van der Waals surface area contributed by atoms with Crippen molar-refractivity contribution in [3.05, 3.63) is 78.3 Å². The molecular formula is C18H10Cl2F2N6O2. The summed E-state index contributed by atoms with van der Waals surface area (Å²) >= 11 is 11.7. The highest BCUT2D eigenvalue weighted by atomic mass is 35.5. The number of rotatable bonds is 4. The first-order valence-electron chi connectivity index (χ1n) is 8.29. The largest absolute Gasteiger partial charge is 0.364 e. The van der Waals surface area contributed by atoms with E-state index < -0.39 is 44.0 Å². The van der Waals surface area contributed by atoms with Gasteiger partial charge in [-0.2, -0.15) is 10.5 Å². The highest BCUT2D eigenvalue weighted by Gasteiger charge is 2.37. The third-order valence-corrected chi connectivity index (χ3v) is 4.92. The second-order valence-corrected chi connectivity index (χ2v) is 6.85. The lowest BCUT2D eigenvalue weighted by Gasteiger charge is -2.19. The number of hydrogen-bond donors (Lipinski definition) is 1. The summed E-state index contributed by atoms with van der Waals surface area (Å²) in [5.74, 6) is -3.06. The molecule has 1 saturated heterocycles. The monoisotopic (exact) mass is 450 g/mol. The number of nitriles is 2. The summed E-state index contributed by atoms with van der Waals surface area (Å²) in [6.07, 6.45) is 1.48. The molecule has 30 heavy (non-hydrogen) atoms. The molecule has 1 aliphatic heterocycles. The molecule has 0 bridgehead atoms. The lowest BCUT2D eigenvalue weighted by molar-refractivity contribution is -0.377. The van der Waals surface area contributed by atoms with Gasteiger partial charge in [0.2, 0.25) is 0 Å². The second-order valence-electron chi connectivity index (χ2n) is 6.08. The quantitative estimate of drug-likeness (QED) is 0.328. The summed E-state index contributed by atoms with van der Waals surface area (Å²) in [5, 5.41) is 32.4. The van der Waals surface area contributed by atoms with Gasteiger partial charge >= 0.3 is 5.70 Å². The van der Waals surface area contributed by atoms with Crippen LogP contribution in [-0.2, 0) is 6.54 Å². The average Bonchev–Trinajstić information content (AvgIpc) is 3.15. The molecule has 1 aliphatic rings. The number of aromatic nitrogens is 1. The van der Waals surface area contributed by atoms with Crippen LogP contribution in [0.15, 0.2) is 24.2 Å². The van der Waals surface area contributed by atoms with Crippen molar-refractivity contribution in [2.45, 2.75) is 6.54 Å². The Hall–Kier alpha value is -3.47. The molecule has 0 radical (unpaired) electrons. The lowest BCUT2D eigenvalue weighted by atomic mass is 10.00. The number of halogens is 4. The molecule has 1 aromatic heterocycles. The summed E-state index contributed by atoms with van der Waals surface area (Å²) in [6, 6.07) is 5.95. The lowest BCUT2D eigenvalue weighted by Crippen LogP contribution is -2.24. The van der Waals surface area contributed by atoms with Crippen LogP contribution in [-0.4, -0.2) is 27.9 Å². The Labute approximate surface area is 178 Å². The van der Waals surface area contributed by atoms with Gasteiger partial charge < -0.3 is 10.2 Å². The smallest absolute Gasteiger partial charge is 0.319 e. The second kappa shape index (κ2) is 8.49. The van der Waals surface area contributed by atoms with Crippen molar-refractivity contribution in [1.82, 2.24) is 15.2 Å². The highest BCUT2D eigenvalue weighted by Crippen LogP contribution is 2.36. The molecule has 0 unspecified atom stereocenters. The Morgan fingerprint density at radius 1 is 1.27 bits per heavy atom. The van der Waals surface area contributed by atoms with E-state index in [0.29, 0.717) is 18.7 Å². The first-order chi connectivity index (χ1) is 14.3. The van der Waals surface area contributed by atoms with Crippen LogP contribution in [0.5, 0.6) is 0 Å². The predicted molar refractivity (Wildman–Crippen MR) is 102 cm³/mol. The minimum atomic E-state index is -1.51. The van der Waals surface area contributed by atoms with Gasteiger partial charge in [0.15, 0.2) is 17.5 Å². The Morgan fingerprint density at radius 3 is 2.53 bits per heavy atom. The van der Waals surface area contributed by atoms with Crippen LogP contribution >= 0.6 is 23.2 Å². The summed E-state index contributed by atoms with van der Waals surface area (Å²) < 4.78 is 29.0. The van der Waals surface area contributed by atoms with Gasteiger partial charge in [-0.05, 0) is 11.6 Å². The molecule has 2 aromatic rings. The predicted octanol–water partition coefficient (Wildman–Crippen LogP) is 3.42. The topological polar surface area (TPSA) is 119 Å². The minimum absolute atomic E-state index is 0.0724. The number of nitrogens with one attached hydrogen (secondary N) is 1. The van der Waals surface area contributed by atoms with Gasteiger partial charge in [0.05, 0.1) is 15.5 Å². The zero-order chi connectivity index (χ0) is 22.0. The highest BCUT2D eigenvalue weighted by molar-refractivity contribution is 6.32. The molecular weight excluding hydrogens is 441 g/mol. The number of benzene rings is 1. The first-order valence-corrected chi connectivity index (χ1v) is 9.04. The molecule has 152 valence electrons. The van der Waals surface area contributed by atoms with Gasteiger partial charge in [0.25, 0.3) is 0 Å². The van der Waals surface area contributed by atoms with Crippen molar-refractivity contribution >= 4 is 28.9 Å². The fourth-order valence-corrected chi connectivity index (χ4v) is 3.42. The Bertz CT molecular complexity index is 1160. The molecule has 0 aliphatic carbocycles. The van der Waals surface area contributed by atoms with Gasteiger partial charge in [0, 0.05) is 25.8 Å². The van der Waals surface area contributed by atoms with E-state index in [4.69, 9.17) is 28.5 Å². The van der Waals surface area contributed by atoms with E-state index in [1.54, 1.807) is 17.0 Å². The Balaban J connectivity index is 2.22. The zero-order valence-corrected chi connectivity index (χ0v) is 16.4. The molecule has 2 heterocycles. The van der Waals surface area contributed by atoms with Gasteiger partial charge in [-0.3, -0.25) is 10.1 Å². The number of hydrogen-bond acceptors (Lipinski definition) is 7. The van der Waals surface area contributed by atoms with E-state index in [-0.39, 0.29) is 17.5 Å². The molecule has 3 rings (SSSR count). The van der Waals surface area contributed by atoms with E-state index in [1.165, 1.54) is 18.3 Å². The van der Waals surface area contributed by atoms with Crippen molar-refractivity contribution in [2.24, 2.45) is 0 Å². The maximum Gasteiger partial charge on any atom is 0.319 e. The molecule has 0 amide bonds. The fraction of sp³-hybridized carbons (Fsp3) is 0.167. The molecule has 8 nitrogen and oxygen atoms in total. The van der Waals surface area contributed by atoms with Crippen LogP contribution in [0.25, 0.3) is 5.70 Å².